The first kappa shape index (κ1) is 20.3. The molecule has 9 heteroatoms. The molecular formula is C19H25N3O5S. The van der Waals surface area contributed by atoms with Crippen molar-refractivity contribution in [2.75, 3.05) is 26.2 Å². The lowest BCUT2D eigenvalue weighted by atomic mass is 10.2. The van der Waals surface area contributed by atoms with E-state index in [0.29, 0.717) is 35.0 Å². The molecule has 0 atom stereocenters. The van der Waals surface area contributed by atoms with Gasteiger partial charge >= 0.3 is 6.09 Å². The van der Waals surface area contributed by atoms with Crippen LogP contribution in [-0.4, -0.2) is 55.5 Å². The van der Waals surface area contributed by atoms with Crippen molar-refractivity contribution >= 4 is 26.9 Å². The first-order chi connectivity index (χ1) is 13.1. The lowest BCUT2D eigenvalue weighted by molar-refractivity contribution is -0.603. The number of hydrogen-bond acceptors (Lipinski definition) is 5. The van der Waals surface area contributed by atoms with Crippen molar-refractivity contribution in [3.05, 3.63) is 41.9 Å². The molecule has 8 nitrogen and oxygen atoms in total. The van der Waals surface area contributed by atoms with E-state index in [0.717, 1.165) is 0 Å². The Kier molecular flexibility index (Phi) is 5.49. The minimum absolute atomic E-state index is 0.163. The van der Waals surface area contributed by atoms with Gasteiger partial charge in [-0.3, -0.25) is 0 Å². The van der Waals surface area contributed by atoms with E-state index >= 15 is 0 Å². The zero-order chi connectivity index (χ0) is 20.5. The van der Waals surface area contributed by atoms with Gasteiger partial charge in [0.2, 0.25) is 10.0 Å². The second-order valence-electron chi connectivity index (χ2n) is 7.79. The van der Waals surface area contributed by atoms with E-state index in [1.165, 1.54) is 22.8 Å². The molecule has 0 saturated carbocycles. The third-order valence-electron chi connectivity index (χ3n) is 4.48. The van der Waals surface area contributed by atoms with Crippen molar-refractivity contribution in [2.24, 2.45) is 0 Å². The summed E-state index contributed by atoms with van der Waals surface area (Å²) in [4.78, 5) is 14.0. The molecule has 0 spiro atoms. The predicted molar refractivity (Wildman–Crippen MR) is 104 cm³/mol. The van der Waals surface area contributed by atoms with Gasteiger partial charge in [-0.2, -0.15) is 9.04 Å². The van der Waals surface area contributed by atoms with Gasteiger partial charge in [-0.25, -0.2) is 13.2 Å². The van der Waals surface area contributed by atoms with Gasteiger partial charge in [-0.1, -0.05) is 6.07 Å². The molecule has 0 N–H and O–H groups in total. The van der Waals surface area contributed by atoms with Crippen LogP contribution >= 0.6 is 0 Å². The normalized spacial score (nSPS) is 16.8. The van der Waals surface area contributed by atoms with Crippen LogP contribution in [-0.2, 0) is 14.8 Å². The molecule has 1 aliphatic rings. The summed E-state index contributed by atoms with van der Waals surface area (Å²) in [6.45, 7) is 6.59. The molecular weight excluding hydrogens is 382 g/mol. The molecule has 0 unspecified atom stereocenters. The summed E-state index contributed by atoms with van der Waals surface area (Å²) in [6.07, 6.45) is 2.72. The highest BCUT2D eigenvalue weighted by molar-refractivity contribution is 7.89. The molecule has 1 amide bonds. The maximum atomic E-state index is 13.3. The van der Waals surface area contributed by atoms with E-state index < -0.39 is 21.7 Å². The smallest absolute Gasteiger partial charge is 0.410 e. The van der Waals surface area contributed by atoms with Crippen molar-refractivity contribution in [1.82, 2.24) is 9.21 Å². The Balaban J connectivity index is 1.83. The van der Waals surface area contributed by atoms with Gasteiger partial charge in [0, 0.05) is 43.0 Å². The largest absolute Gasteiger partial charge is 0.619 e. The van der Waals surface area contributed by atoms with Gasteiger partial charge in [0.25, 0.3) is 0 Å². The van der Waals surface area contributed by atoms with Crippen molar-refractivity contribution in [1.29, 1.82) is 0 Å². The molecule has 3 rings (SSSR count). The van der Waals surface area contributed by atoms with Gasteiger partial charge < -0.3 is 14.8 Å². The summed E-state index contributed by atoms with van der Waals surface area (Å²) in [7, 11) is -3.77. The SMILES string of the molecule is CC(C)(C)OC(=O)N1CCCN(S(=O)(=O)c2cccc3c[n+]([O-])ccc23)CC1. The van der Waals surface area contributed by atoms with Gasteiger partial charge in [0.15, 0.2) is 12.4 Å². The standard InChI is InChI=1S/C19H25N3O5S/c1-19(2,3)27-18(23)20-9-5-10-22(13-12-20)28(25,26)17-7-4-6-15-14-21(24)11-8-16(15)17/h4,6-8,11,14H,5,9-10,12-13H2,1-3H3. The Hall–Kier alpha value is -2.39. The third-order valence-corrected chi connectivity index (χ3v) is 6.44. The second kappa shape index (κ2) is 7.56. The van der Waals surface area contributed by atoms with Crippen LogP contribution in [0.25, 0.3) is 10.8 Å². The fourth-order valence-electron chi connectivity index (χ4n) is 3.19. The van der Waals surface area contributed by atoms with Crippen LogP contribution in [0.1, 0.15) is 27.2 Å². The summed E-state index contributed by atoms with van der Waals surface area (Å²) in [5.74, 6) is 0. The van der Waals surface area contributed by atoms with Crippen LogP contribution in [0.5, 0.6) is 0 Å². The lowest BCUT2D eigenvalue weighted by Gasteiger charge is -2.26. The number of amides is 1. The maximum absolute atomic E-state index is 13.3. The van der Waals surface area contributed by atoms with Crippen molar-refractivity contribution in [3.63, 3.8) is 0 Å². The Bertz CT molecular complexity index is 985. The number of carbonyl (C=O) groups excluding carboxylic acids is 1. The van der Waals surface area contributed by atoms with Crippen LogP contribution in [0.3, 0.4) is 0 Å². The van der Waals surface area contributed by atoms with E-state index in [9.17, 15) is 18.4 Å². The summed E-state index contributed by atoms with van der Waals surface area (Å²) < 4.78 is 33.9. The van der Waals surface area contributed by atoms with Gasteiger partial charge in [-0.15, -0.1) is 0 Å². The van der Waals surface area contributed by atoms with Crippen LogP contribution in [0.2, 0.25) is 0 Å². The van der Waals surface area contributed by atoms with Crippen LogP contribution in [0.4, 0.5) is 4.79 Å². The third kappa shape index (κ3) is 4.36. The second-order valence-corrected chi connectivity index (χ2v) is 9.70. The molecule has 1 aliphatic heterocycles. The predicted octanol–water partition coefficient (Wildman–Crippen LogP) is 2.10. The fraction of sp³-hybridized carbons (Fsp3) is 0.474. The summed E-state index contributed by atoms with van der Waals surface area (Å²) in [5, 5.41) is 12.6. The number of ether oxygens (including phenoxy) is 1. The maximum Gasteiger partial charge on any atom is 0.410 e. The molecule has 1 saturated heterocycles. The molecule has 0 bridgehead atoms. The van der Waals surface area contributed by atoms with Crippen molar-refractivity contribution in [3.8, 4) is 0 Å². The summed E-state index contributed by atoms with van der Waals surface area (Å²) >= 11 is 0. The highest BCUT2D eigenvalue weighted by Crippen LogP contribution is 2.26. The number of aromatic nitrogens is 1. The van der Waals surface area contributed by atoms with Crippen LogP contribution in [0.15, 0.2) is 41.6 Å². The monoisotopic (exact) mass is 407 g/mol. The number of sulfonamides is 1. The summed E-state index contributed by atoms with van der Waals surface area (Å²) in [6, 6.07) is 6.39. The minimum atomic E-state index is -3.77. The molecule has 1 aromatic heterocycles. The molecule has 1 aromatic carbocycles. The molecule has 28 heavy (non-hydrogen) atoms. The van der Waals surface area contributed by atoms with E-state index in [-0.39, 0.29) is 18.0 Å². The van der Waals surface area contributed by atoms with E-state index in [2.05, 4.69) is 0 Å². The summed E-state index contributed by atoms with van der Waals surface area (Å²) in [5.41, 5.74) is -0.601. The highest BCUT2D eigenvalue weighted by Gasteiger charge is 2.31. The Morgan fingerprint density at radius 3 is 2.61 bits per heavy atom. The fourth-order valence-corrected chi connectivity index (χ4v) is 4.87. The number of hydrogen-bond donors (Lipinski definition) is 0. The average Bonchev–Trinajstić information content (AvgIpc) is 2.86. The number of carbonyl (C=O) groups is 1. The molecule has 2 aromatic rings. The first-order valence-corrected chi connectivity index (χ1v) is 10.6. The van der Waals surface area contributed by atoms with E-state index in [1.807, 2.05) is 0 Å². The van der Waals surface area contributed by atoms with Crippen LogP contribution < -0.4 is 4.73 Å². The van der Waals surface area contributed by atoms with Gasteiger partial charge in [0.1, 0.15) is 5.60 Å². The Labute approximate surface area is 164 Å². The molecule has 0 aliphatic carbocycles. The van der Waals surface area contributed by atoms with E-state index in [4.69, 9.17) is 4.74 Å². The highest BCUT2D eigenvalue weighted by atomic mass is 32.2. The number of benzene rings is 1. The van der Waals surface area contributed by atoms with Crippen molar-refractivity contribution < 1.29 is 22.7 Å². The quantitative estimate of drug-likeness (QED) is 0.561. The topological polar surface area (TPSA) is 93.9 Å². The average molecular weight is 407 g/mol. The lowest BCUT2D eigenvalue weighted by Crippen LogP contribution is -2.40. The zero-order valence-electron chi connectivity index (χ0n) is 16.3. The Morgan fingerprint density at radius 2 is 1.89 bits per heavy atom. The first-order valence-electron chi connectivity index (χ1n) is 9.17. The number of rotatable bonds is 2. The van der Waals surface area contributed by atoms with Crippen LogP contribution in [0, 0.1) is 5.21 Å². The number of nitrogens with zero attached hydrogens (tertiary/aromatic N) is 3. The molecule has 1 fully saturated rings. The number of fused-ring (bicyclic) bond motifs is 1. The molecule has 0 radical (unpaired) electrons. The molecule has 152 valence electrons. The Morgan fingerprint density at radius 1 is 1.14 bits per heavy atom. The van der Waals surface area contributed by atoms with Gasteiger partial charge in [-0.05, 0) is 39.3 Å². The van der Waals surface area contributed by atoms with Crippen molar-refractivity contribution in [2.45, 2.75) is 37.7 Å². The van der Waals surface area contributed by atoms with Gasteiger partial charge in [0.05, 0.1) is 4.90 Å². The zero-order valence-corrected chi connectivity index (χ0v) is 17.1. The molecule has 2 heterocycles. The minimum Gasteiger partial charge on any atom is -0.619 e. The van der Waals surface area contributed by atoms with E-state index in [1.54, 1.807) is 43.9 Å². The number of pyridine rings is 1.